The Morgan fingerprint density at radius 2 is 1.85 bits per heavy atom. The van der Waals surface area contributed by atoms with Crippen LogP contribution < -0.4 is 0 Å². The number of carbonyl (C=O) groups is 1. The summed E-state index contributed by atoms with van der Waals surface area (Å²) in [4.78, 5) is 12.2. The molecule has 0 heterocycles. The van der Waals surface area contributed by atoms with E-state index in [-0.39, 0.29) is 24.2 Å². The molecule has 0 aromatic carbocycles. The predicted molar refractivity (Wildman–Crippen MR) is 96.2 cm³/mol. The summed E-state index contributed by atoms with van der Waals surface area (Å²) < 4.78 is 0. The van der Waals surface area contributed by atoms with Gasteiger partial charge < -0.3 is 20.4 Å². The van der Waals surface area contributed by atoms with E-state index in [0.29, 0.717) is 38.5 Å². The van der Waals surface area contributed by atoms with E-state index in [2.05, 4.69) is 6.92 Å². The van der Waals surface area contributed by atoms with Crippen molar-refractivity contribution in [3.8, 4) is 0 Å². The third-order valence-corrected chi connectivity index (χ3v) is 8.78. The normalized spacial score (nSPS) is 56.2. The van der Waals surface area contributed by atoms with Crippen molar-refractivity contribution in [3.63, 3.8) is 0 Å². The number of Topliss-reactive ketones (excluding diaryl/α,β-unsaturated/α-hetero) is 1. The molecule has 0 bridgehead atoms. The molecular formula is C21H32O5. The van der Waals surface area contributed by atoms with Gasteiger partial charge in [-0.2, -0.15) is 0 Å². The van der Waals surface area contributed by atoms with Crippen LogP contribution in [0.5, 0.6) is 0 Å². The maximum Gasteiger partial charge on any atom is 0.133 e. The van der Waals surface area contributed by atoms with Gasteiger partial charge in [-0.3, -0.25) is 4.79 Å². The average Bonchev–Trinajstić information content (AvgIpc) is 2.81. The molecule has 5 nitrogen and oxygen atoms in total. The molecule has 4 N–H and O–H groups in total. The summed E-state index contributed by atoms with van der Waals surface area (Å²) in [6, 6.07) is 0. The van der Waals surface area contributed by atoms with Gasteiger partial charge in [-0.15, -0.1) is 0 Å². The lowest BCUT2D eigenvalue weighted by Crippen LogP contribution is -2.75. The van der Waals surface area contributed by atoms with Crippen LogP contribution >= 0.6 is 0 Å². The Bertz CT molecular complexity index is 673. The summed E-state index contributed by atoms with van der Waals surface area (Å²) in [6.07, 6.45) is 4.25. The first-order valence-corrected chi connectivity index (χ1v) is 10.0. The monoisotopic (exact) mass is 364 g/mol. The van der Waals surface area contributed by atoms with Gasteiger partial charge in [-0.1, -0.05) is 25.5 Å². The lowest BCUT2D eigenvalue weighted by atomic mass is 9.43. The molecule has 0 spiro atoms. The minimum atomic E-state index is -1.45. The van der Waals surface area contributed by atoms with E-state index < -0.39 is 34.1 Å². The molecule has 0 aromatic rings. The van der Waals surface area contributed by atoms with Crippen molar-refractivity contribution in [1.29, 1.82) is 0 Å². The maximum atomic E-state index is 12.2. The van der Waals surface area contributed by atoms with Crippen LogP contribution in [-0.2, 0) is 4.79 Å². The molecule has 146 valence electrons. The SMILES string of the molecule is CC(=O)[C@@H]1CC[C@]2(O)[C@@]3(O)CC=C4C[C@@H](O)CC[C@]4(C)[C@@H]3[C@@H](O)C[C@]12C. The largest absolute Gasteiger partial charge is 0.393 e. The van der Waals surface area contributed by atoms with Crippen LogP contribution in [-0.4, -0.2) is 49.6 Å². The zero-order valence-electron chi connectivity index (χ0n) is 16.0. The van der Waals surface area contributed by atoms with Gasteiger partial charge in [-0.05, 0) is 57.3 Å². The molecular weight excluding hydrogens is 332 g/mol. The van der Waals surface area contributed by atoms with Crippen molar-refractivity contribution in [2.45, 2.75) is 89.1 Å². The Labute approximate surface area is 155 Å². The van der Waals surface area contributed by atoms with Crippen LogP contribution in [0.15, 0.2) is 11.6 Å². The first-order valence-electron chi connectivity index (χ1n) is 10.0. The second-order valence-corrected chi connectivity index (χ2v) is 9.90. The van der Waals surface area contributed by atoms with Crippen molar-refractivity contribution in [2.75, 3.05) is 0 Å². The zero-order chi connectivity index (χ0) is 19.1. The number of aliphatic hydroxyl groups excluding tert-OH is 2. The predicted octanol–water partition coefficient (Wildman–Crippen LogP) is 1.72. The van der Waals surface area contributed by atoms with Crippen molar-refractivity contribution in [2.24, 2.45) is 22.7 Å². The lowest BCUT2D eigenvalue weighted by Gasteiger charge is -2.66. The molecule has 8 atom stereocenters. The number of hydrogen-bond donors (Lipinski definition) is 4. The number of hydrogen-bond acceptors (Lipinski definition) is 5. The summed E-state index contributed by atoms with van der Waals surface area (Å²) in [7, 11) is 0. The molecule has 0 amide bonds. The van der Waals surface area contributed by atoms with Crippen LogP contribution in [0.4, 0.5) is 0 Å². The van der Waals surface area contributed by atoms with E-state index in [1.165, 1.54) is 0 Å². The minimum Gasteiger partial charge on any atom is -0.393 e. The molecule has 0 unspecified atom stereocenters. The third kappa shape index (κ3) is 1.98. The van der Waals surface area contributed by atoms with Crippen LogP contribution in [0.3, 0.4) is 0 Å². The quantitative estimate of drug-likeness (QED) is 0.531. The number of rotatable bonds is 1. The zero-order valence-corrected chi connectivity index (χ0v) is 16.0. The molecule has 3 fully saturated rings. The van der Waals surface area contributed by atoms with E-state index in [0.717, 1.165) is 5.57 Å². The molecule has 3 saturated carbocycles. The van der Waals surface area contributed by atoms with Gasteiger partial charge in [0.05, 0.1) is 12.2 Å². The Hall–Kier alpha value is -0.750. The summed E-state index contributed by atoms with van der Waals surface area (Å²) in [5.41, 5.74) is -3.00. The second-order valence-electron chi connectivity index (χ2n) is 9.90. The smallest absolute Gasteiger partial charge is 0.133 e. The highest BCUT2D eigenvalue weighted by Crippen LogP contribution is 2.69. The van der Waals surface area contributed by atoms with Gasteiger partial charge in [0, 0.05) is 17.3 Å². The highest BCUT2D eigenvalue weighted by molar-refractivity contribution is 5.80. The molecule has 5 heteroatoms. The van der Waals surface area contributed by atoms with Crippen LogP contribution in [0.1, 0.15) is 65.7 Å². The number of carbonyl (C=O) groups excluding carboxylic acids is 1. The maximum absolute atomic E-state index is 12.2. The van der Waals surface area contributed by atoms with Crippen molar-refractivity contribution >= 4 is 5.78 Å². The first kappa shape index (κ1) is 18.6. The molecule has 0 radical (unpaired) electrons. The van der Waals surface area contributed by atoms with Crippen molar-refractivity contribution < 1.29 is 25.2 Å². The van der Waals surface area contributed by atoms with Gasteiger partial charge in [-0.25, -0.2) is 0 Å². The van der Waals surface area contributed by atoms with Gasteiger partial charge >= 0.3 is 0 Å². The van der Waals surface area contributed by atoms with Crippen LogP contribution in [0.25, 0.3) is 0 Å². The van der Waals surface area contributed by atoms with Crippen LogP contribution in [0, 0.1) is 22.7 Å². The fourth-order valence-corrected chi connectivity index (χ4v) is 7.46. The average molecular weight is 364 g/mol. The molecule has 4 aliphatic carbocycles. The second kappa shape index (κ2) is 5.40. The summed E-state index contributed by atoms with van der Waals surface area (Å²) in [5, 5.41) is 45.0. The molecule has 0 aromatic heterocycles. The molecule has 0 saturated heterocycles. The van der Waals surface area contributed by atoms with E-state index >= 15 is 0 Å². The van der Waals surface area contributed by atoms with Crippen LogP contribution in [0.2, 0.25) is 0 Å². The van der Waals surface area contributed by atoms with Gasteiger partial charge in [0.2, 0.25) is 0 Å². The fraction of sp³-hybridized carbons (Fsp3) is 0.857. The summed E-state index contributed by atoms with van der Waals surface area (Å²) >= 11 is 0. The number of ketones is 1. The van der Waals surface area contributed by atoms with E-state index in [9.17, 15) is 25.2 Å². The molecule has 26 heavy (non-hydrogen) atoms. The Morgan fingerprint density at radius 3 is 2.50 bits per heavy atom. The van der Waals surface area contributed by atoms with E-state index in [1.54, 1.807) is 6.92 Å². The number of fused-ring (bicyclic) bond motifs is 5. The van der Waals surface area contributed by atoms with Gasteiger partial charge in [0.15, 0.2) is 0 Å². The van der Waals surface area contributed by atoms with Gasteiger partial charge in [0.25, 0.3) is 0 Å². The van der Waals surface area contributed by atoms with Gasteiger partial charge in [0.1, 0.15) is 17.0 Å². The minimum absolute atomic E-state index is 0.0247. The highest BCUT2D eigenvalue weighted by Gasteiger charge is 2.75. The third-order valence-electron chi connectivity index (χ3n) is 8.78. The molecule has 0 aliphatic heterocycles. The topological polar surface area (TPSA) is 98.0 Å². The first-order chi connectivity index (χ1) is 12.0. The Kier molecular flexibility index (Phi) is 3.87. The molecule has 4 rings (SSSR count). The van der Waals surface area contributed by atoms with Crippen molar-refractivity contribution in [1.82, 2.24) is 0 Å². The summed E-state index contributed by atoms with van der Waals surface area (Å²) in [5.74, 6) is -0.790. The lowest BCUT2D eigenvalue weighted by molar-refractivity contribution is -0.295. The molecule has 4 aliphatic rings. The Balaban J connectivity index is 1.84. The van der Waals surface area contributed by atoms with E-state index in [1.807, 2.05) is 13.0 Å². The van der Waals surface area contributed by atoms with E-state index in [4.69, 9.17) is 0 Å². The number of aliphatic hydroxyl groups is 4. The Morgan fingerprint density at radius 1 is 1.15 bits per heavy atom. The standard InChI is InChI=1S/C21H32O5/c1-12(22)15-6-9-21(26)19(15,3)11-16(24)17-18(2)7-5-14(23)10-13(18)4-8-20(17,21)25/h4,14-17,23-26H,5-11H2,1-3H3/t14-,15-,16-,17-,18-,19+,20+,21+/m0/s1. The highest BCUT2D eigenvalue weighted by atomic mass is 16.4. The fourth-order valence-electron chi connectivity index (χ4n) is 7.46. The van der Waals surface area contributed by atoms with Crippen molar-refractivity contribution in [3.05, 3.63) is 11.6 Å². The summed E-state index contributed by atoms with van der Waals surface area (Å²) in [6.45, 7) is 5.48.